The smallest absolute Gasteiger partial charge is 0.279 e. The molecule has 0 unspecified atom stereocenters. The predicted molar refractivity (Wildman–Crippen MR) is 86.8 cm³/mol. The Morgan fingerprint density at radius 1 is 1.17 bits per heavy atom. The lowest BCUT2D eigenvalue weighted by atomic mass is 9.93. The van der Waals surface area contributed by atoms with Gasteiger partial charge in [-0.1, -0.05) is 50.3 Å². The average Bonchev–Trinajstić information content (AvgIpc) is 3.16. The Morgan fingerprint density at radius 2 is 1.88 bits per heavy atom. The van der Waals surface area contributed by atoms with E-state index in [0.717, 1.165) is 23.0 Å². The topological polar surface area (TPSA) is 59.4 Å². The monoisotopic (exact) mass is 331 g/mol. The van der Waals surface area contributed by atoms with Crippen molar-refractivity contribution in [2.45, 2.75) is 39.2 Å². The van der Waals surface area contributed by atoms with E-state index in [1.807, 2.05) is 30.5 Å². The zero-order valence-electron chi connectivity index (χ0n) is 13.8. The fourth-order valence-electron chi connectivity index (χ4n) is 2.27. The Labute approximate surface area is 138 Å². The van der Waals surface area contributed by atoms with Crippen LogP contribution in [0.15, 0.2) is 36.7 Å². The third-order valence-corrected chi connectivity index (χ3v) is 3.71. The Bertz CT molecular complexity index is 812. The number of rotatable bonds is 4. The summed E-state index contributed by atoms with van der Waals surface area (Å²) in [5.41, 5.74) is 2.54. The fraction of sp³-hybridized carbons (Fsp3) is 0.353. The number of alkyl halides is 2. The molecule has 0 radical (unpaired) electrons. The minimum Gasteiger partial charge on any atom is -0.337 e. The van der Waals surface area contributed by atoms with Gasteiger partial charge in [0, 0.05) is 17.2 Å². The number of aromatic nitrogens is 5. The van der Waals surface area contributed by atoms with Crippen LogP contribution >= 0.6 is 0 Å². The number of hydrogen-bond acceptors (Lipinski definition) is 3. The number of nitrogens with one attached hydrogen (secondary N) is 1. The summed E-state index contributed by atoms with van der Waals surface area (Å²) in [6.07, 6.45) is 0.557. The van der Waals surface area contributed by atoms with Crippen molar-refractivity contribution in [1.82, 2.24) is 25.0 Å². The van der Waals surface area contributed by atoms with Crippen molar-refractivity contribution in [3.8, 4) is 11.4 Å². The molecule has 1 N–H and O–H groups in total. The SMILES string of the molecule is CC(C)(C)c1cn(Cc2ccc(-c3ncc(C(F)F)[nH]3)cc2)nn1. The van der Waals surface area contributed by atoms with Crippen molar-refractivity contribution >= 4 is 0 Å². The molecule has 0 spiro atoms. The normalized spacial score (nSPS) is 12.1. The van der Waals surface area contributed by atoms with Crippen LogP contribution in [-0.2, 0) is 12.0 Å². The van der Waals surface area contributed by atoms with Crippen LogP contribution < -0.4 is 0 Å². The van der Waals surface area contributed by atoms with E-state index in [0.29, 0.717) is 12.4 Å². The number of aromatic amines is 1. The summed E-state index contributed by atoms with van der Waals surface area (Å²) in [7, 11) is 0. The first kappa shape index (κ1) is 16.3. The number of nitrogens with zero attached hydrogens (tertiary/aromatic N) is 4. The summed E-state index contributed by atoms with van der Waals surface area (Å²) in [5, 5.41) is 8.34. The van der Waals surface area contributed by atoms with Gasteiger partial charge >= 0.3 is 0 Å². The van der Waals surface area contributed by atoms with Crippen molar-refractivity contribution in [2.24, 2.45) is 0 Å². The molecule has 3 aromatic rings. The molecule has 7 heteroatoms. The number of halogens is 2. The molecule has 0 aliphatic carbocycles. The Balaban J connectivity index is 1.73. The highest BCUT2D eigenvalue weighted by Gasteiger charge is 2.17. The van der Waals surface area contributed by atoms with Gasteiger partial charge in [-0.3, -0.25) is 0 Å². The second kappa shape index (κ2) is 6.14. The molecule has 0 bridgehead atoms. The summed E-state index contributed by atoms with van der Waals surface area (Å²) in [5.74, 6) is 0.438. The molecule has 2 heterocycles. The molecule has 1 aromatic carbocycles. The van der Waals surface area contributed by atoms with E-state index in [1.54, 1.807) is 4.68 Å². The van der Waals surface area contributed by atoms with Gasteiger partial charge < -0.3 is 4.98 Å². The first-order valence-corrected chi connectivity index (χ1v) is 7.66. The fourth-order valence-corrected chi connectivity index (χ4v) is 2.27. The molecule has 0 aliphatic rings. The maximum Gasteiger partial charge on any atom is 0.279 e. The summed E-state index contributed by atoms with van der Waals surface area (Å²) in [6, 6.07) is 7.56. The van der Waals surface area contributed by atoms with Crippen LogP contribution in [0.5, 0.6) is 0 Å². The molecule has 5 nitrogen and oxygen atoms in total. The van der Waals surface area contributed by atoms with Gasteiger partial charge in [0.15, 0.2) is 0 Å². The van der Waals surface area contributed by atoms with Crippen LogP contribution in [0.25, 0.3) is 11.4 Å². The third-order valence-electron chi connectivity index (χ3n) is 3.71. The van der Waals surface area contributed by atoms with E-state index < -0.39 is 6.43 Å². The maximum atomic E-state index is 12.6. The van der Waals surface area contributed by atoms with E-state index in [-0.39, 0.29) is 11.1 Å². The molecule has 0 amide bonds. The highest BCUT2D eigenvalue weighted by Crippen LogP contribution is 2.22. The van der Waals surface area contributed by atoms with Crippen LogP contribution in [0.1, 0.15) is 44.1 Å². The van der Waals surface area contributed by atoms with Crippen molar-refractivity contribution in [3.63, 3.8) is 0 Å². The minimum absolute atomic E-state index is 0.0379. The first-order chi connectivity index (χ1) is 11.3. The number of hydrogen-bond donors (Lipinski definition) is 1. The second-order valence-electron chi connectivity index (χ2n) is 6.74. The highest BCUT2D eigenvalue weighted by atomic mass is 19.3. The lowest BCUT2D eigenvalue weighted by molar-refractivity contribution is 0.146. The third kappa shape index (κ3) is 3.50. The summed E-state index contributed by atoms with van der Waals surface area (Å²) < 4.78 is 27.0. The molecule has 0 saturated heterocycles. The van der Waals surface area contributed by atoms with Gasteiger partial charge in [-0.2, -0.15) is 0 Å². The Morgan fingerprint density at radius 3 is 2.42 bits per heavy atom. The second-order valence-corrected chi connectivity index (χ2v) is 6.74. The van der Waals surface area contributed by atoms with Gasteiger partial charge in [-0.05, 0) is 5.56 Å². The molecular formula is C17H19F2N5. The van der Waals surface area contributed by atoms with E-state index >= 15 is 0 Å². The Hall–Kier alpha value is -2.57. The zero-order chi connectivity index (χ0) is 17.3. The Kier molecular flexibility index (Phi) is 4.17. The molecule has 126 valence electrons. The van der Waals surface area contributed by atoms with Gasteiger partial charge in [0.25, 0.3) is 6.43 Å². The summed E-state index contributed by atoms with van der Waals surface area (Å²) in [6.45, 7) is 6.87. The molecule has 3 rings (SSSR count). The molecule has 2 aromatic heterocycles. The van der Waals surface area contributed by atoms with Crippen molar-refractivity contribution in [1.29, 1.82) is 0 Å². The van der Waals surface area contributed by atoms with Crippen LogP contribution in [0.2, 0.25) is 0 Å². The van der Waals surface area contributed by atoms with Gasteiger partial charge in [0.05, 0.1) is 18.4 Å². The van der Waals surface area contributed by atoms with Crippen LogP contribution in [-0.4, -0.2) is 25.0 Å². The number of H-pyrrole nitrogens is 1. The van der Waals surface area contributed by atoms with Crippen molar-refractivity contribution in [3.05, 3.63) is 53.6 Å². The summed E-state index contributed by atoms with van der Waals surface area (Å²) in [4.78, 5) is 6.62. The first-order valence-electron chi connectivity index (χ1n) is 7.66. The maximum absolute atomic E-state index is 12.6. The lowest BCUT2D eigenvalue weighted by Crippen LogP contribution is -2.11. The van der Waals surface area contributed by atoms with Gasteiger partial charge in [0.2, 0.25) is 0 Å². The predicted octanol–water partition coefficient (Wildman–Crippen LogP) is 3.95. The number of benzene rings is 1. The van der Waals surface area contributed by atoms with Crippen LogP contribution in [0.3, 0.4) is 0 Å². The average molecular weight is 331 g/mol. The van der Waals surface area contributed by atoms with Gasteiger partial charge in [-0.15, -0.1) is 5.10 Å². The largest absolute Gasteiger partial charge is 0.337 e. The van der Waals surface area contributed by atoms with E-state index in [4.69, 9.17) is 0 Å². The standard InChI is InChI=1S/C17H19F2N5/c1-17(2,3)14-10-24(23-22-14)9-11-4-6-12(7-5-11)16-20-8-13(21-16)15(18)19/h4-8,10,15H,9H2,1-3H3,(H,20,21). The molecule has 0 atom stereocenters. The highest BCUT2D eigenvalue weighted by molar-refractivity contribution is 5.55. The van der Waals surface area contributed by atoms with Crippen molar-refractivity contribution < 1.29 is 8.78 Å². The lowest BCUT2D eigenvalue weighted by Gasteiger charge is -2.12. The van der Waals surface area contributed by atoms with E-state index in [9.17, 15) is 8.78 Å². The minimum atomic E-state index is -2.55. The summed E-state index contributed by atoms with van der Waals surface area (Å²) >= 11 is 0. The van der Waals surface area contributed by atoms with E-state index in [1.165, 1.54) is 0 Å². The van der Waals surface area contributed by atoms with Gasteiger partial charge in [-0.25, -0.2) is 18.4 Å². The molecule has 0 fully saturated rings. The van der Waals surface area contributed by atoms with Crippen molar-refractivity contribution in [2.75, 3.05) is 0 Å². The molecular weight excluding hydrogens is 312 g/mol. The molecule has 0 saturated carbocycles. The number of imidazole rings is 1. The van der Waals surface area contributed by atoms with E-state index in [2.05, 4.69) is 41.1 Å². The quantitative estimate of drug-likeness (QED) is 0.787. The molecule has 24 heavy (non-hydrogen) atoms. The zero-order valence-corrected chi connectivity index (χ0v) is 13.8. The van der Waals surface area contributed by atoms with Gasteiger partial charge in [0.1, 0.15) is 11.5 Å². The molecule has 0 aliphatic heterocycles. The van der Waals surface area contributed by atoms with Crippen LogP contribution in [0.4, 0.5) is 8.78 Å². The van der Waals surface area contributed by atoms with Crippen LogP contribution in [0, 0.1) is 0 Å².